The van der Waals surface area contributed by atoms with E-state index < -0.39 is 0 Å². The lowest BCUT2D eigenvalue weighted by Gasteiger charge is -2.23. The van der Waals surface area contributed by atoms with Crippen LogP contribution in [0.3, 0.4) is 0 Å². The lowest BCUT2D eigenvalue weighted by Crippen LogP contribution is -2.43. The first-order valence-corrected chi connectivity index (χ1v) is 8.45. The van der Waals surface area contributed by atoms with Gasteiger partial charge in [-0.25, -0.2) is 4.39 Å². The number of hydrogen-bond donors (Lipinski definition) is 1. The van der Waals surface area contributed by atoms with E-state index in [-0.39, 0.29) is 24.3 Å². The van der Waals surface area contributed by atoms with Crippen LogP contribution < -0.4 is 5.32 Å². The van der Waals surface area contributed by atoms with Crippen molar-refractivity contribution in [3.8, 4) is 0 Å². The molecule has 0 bridgehead atoms. The van der Waals surface area contributed by atoms with E-state index >= 15 is 0 Å². The molecule has 0 saturated carbocycles. The second kappa shape index (κ2) is 7.58. The van der Waals surface area contributed by atoms with E-state index in [0.717, 1.165) is 19.5 Å². The second-order valence-corrected chi connectivity index (χ2v) is 6.38. The van der Waals surface area contributed by atoms with Gasteiger partial charge in [-0.15, -0.1) is 0 Å². The molecule has 2 aromatic rings. The molecule has 2 aromatic carbocycles. The zero-order valence-electron chi connectivity index (χ0n) is 13.9. The van der Waals surface area contributed by atoms with Crippen LogP contribution in [0, 0.1) is 5.82 Å². The normalized spacial score (nSPS) is 19.2. The predicted molar refractivity (Wildman–Crippen MR) is 93.1 cm³/mol. The van der Waals surface area contributed by atoms with Crippen molar-refractivity contribution in [1.82, 2.24) is 10.2 Å². The van der Waals surface area contributed by atoms with Crippen LogP contribution in [0.5, 0.6) is 0 Å². The third-order valence-electron chi connectivity index (χ3n) is 4.83. The smallest absolute Gasteiger partial charge is 0.237 e. The molecule has 1 aliphatic heterocycles. The number of carbonyl (C=O) groups excluding carboxylic acids is 1. The van der Waals surface area contributed by atoms with Crippen LogP contribution in [0.2, 0.25) is 0 Å². The molecule has 0 radical (unpaired) electrons. The Balaban J connectivity index is 1.54. The summed E-state index contributed by atoms with van der Waals surface area (Å²) < 4.78 is 13.6. The molecule has 2 unspecified atom stereocenters. The Morgan fingerprint density at radius 2 is 1.92 bits per heavy atom. The summed E-state index contributed by atoms with van der Waals surface area (Å²) >= 11 is 0. The number of likely N-dealkylation sites (tertiary alicyclic amines) is 1. The number of halogens is 1. The largest absolute Gasteiger partial charge is 0.351 e. The van der Waals surface area contributed by atoms with Gasteiger partial charge in [0.2, 0.25) is 5.91 Å². The SMILES string of the molecule is CC(C(=O)NCc1ccccc1F)N1CCC(c2ccccc2)C1. The summed E-state index contributed by atoms with van der Waals surface area (Å²) in [6, 6.07) is 16.8. The van der Waals surface area contributed by atoms with Crippen molar-refractivity contribution in [2.75, 3.05) is 13.1 Å². The van der Waals surface area contributed by atoms with Gasteiger partial charge in [-0.3, -0.25) is 9.69 Å². The third kappa shape index (κ3) is 3.82. The van der Waals surface area contributed by atoms with Crippen LogP contribution in [0.1, 0.15) is 30.4 Å². The van der Waals surface area contributed by atoms with E-state index in [2.05, 4.69) is 34.5 Å². The zero-order chi connectivity index (χ0) is 16.9. The van der Waals surface area contributed by atoms with Gasteiger partial charge in [-0.05, 0) is 37.4 Å². The summed E-state index contributed by atoms with van der Waals surface area (Å²) in [5.74, 6) is 0.149. The number of nitrogens with one attached hydrogen (secondary N) is 1. The summed E-state index contributed by atoms with van der Waals surface area (Å²) in [7, 11) is 0. The highest BCUT2D eigenvalue weighted by Crippen LogP contribution is 2.28. The average molecular weight is 326 g/mol. The average Bonchev–Trinajstić information content (AvgIpc) is 3.11. The fourth-order valence-corrected chi connectivity index (χ4v) is 3.27. The fraction of sp³-hybridized carbons (Fsp3) is 0.350. The lowest BCUT2D eigenvalue weighted by atomic mass is 9.99. The van der Waals surface area contributed by atoms with E-state index in [9.17, 15) is 9.18 Å². The maximum Gasteiger partial charge on any atom is 0.237 e. The van der Waals surface area contributed by atoms with Gasteiger partial charge in [0.25, 0.3) is 0 Å². The molecule has 1 saturated heterocycles. The molecule has 1 amide bonds. The molecule has 0 aromatic heterocycles. The lowest BCUT2D eigenvalue weighted by molar-refractivity contribution is -0.125. The van der Waals surface area contributed by atoms with E-state index in [0.29, 0.717) is 11.5 Å². The molecule has 3 rings (SSSR count). The number of hydrogen-bond acceptors (Lipinski definition) is 2. The molecule has 1 N–H and O–H groups in total. The van der Waals surface area contributed by atoms with Crippen LogP contribution in [0.4, 0.5) is 4.39 Å². The standard InChI is InChI=1S/C20H23FN2O/c1-15(20(24)22-13-17-9-5-6-10-19(17)21)23-12-11-18(14-23)16-7-3-2-4-8-16/h2-10,15,18H,11-14H2,1H3,(H,22,24). The van der Waals surface area contributed by atoms with Crippen molar-refractivity contribution in [2.45, 2.75) is 31.8 Å². The van der Waals surface area contributed by atoms with Crippen molar-refractivity contribution < 1.29 is 9.18 Å². The molecule has 1 aliphatic rings. The van der Waals surface area contributed by atoms with Crippen molar-refractivity contribution in [2.24, 2.45) is 0 Å². The first-order valence-electron chi connectivity index (χ1n) is 8.45. The number of carbonyl (C=O) groups is 1. The minimum absolute atomic E-state index is 0.0491. The van der Waals surface area contributed by atoms with Crippen LogP contribution >= 0.6 is 0 Å². The van der Waals surface area contributed by atoms with Crippen molar-refractivity contribution in [3.05, 3.63) is 71.5 Å². The van der Waals surface area contributed by atoms with Gasteiger partial charge >= 0.3 is 0 Å². The Bertz CT molecular complexity index is 689. The number of rotatable bonds is 5. The Morgan fingerprint density at radius 3 is 2.67 bits per heavy atom. The van der Waals surface area contributed by atoms with Gasteiger partial charge in [0.1, 0.15) is 5.82 Å². The quantitative estimate of drug-likeness (QED) is 0.914. The minimum Gasteiger partial charge on any atom is -0.351 e. The Kier molecular flexibility index (Phi) is 5.26. The molecular weight excluding hydrogens is 303 g/mol. The predicted octanol–water partition coefficient (Wildman–Crippen LogP) is 3.32. The first-order chi connectivity index (χ1) is 11.6. The maximum absolute atomic E-state index is 13.6. The van der Waals surface area contributed by atoms with Crippen molar-refractivity contribution >= 4 is 5.91 Å². The van der Waals surface area contributed by atoms with Gasteiger partial charge < -0.3 is 5.32 Å². The maximum atomic E-state index is 13.6. The molecule has 2 atom stereocenters. The molecule has 0 spiro atoms. The van der Waals surface area contributed by atoms with E-state index in [1.54, 1.807) is 18.2 Å². The Hall–Kier alpha value is -2.20. The molecule has 24 heavy (non-hydrogen) atoms. The highest BCUT2D eigenvalue weighted by Gasteiger charge is 2.30. The van der Waals surface area contributed by atoms with Gasteiger partial charge in [-0.1, -0.05) is 48.5 Å². The summed E-state index contributed by atoms with van der Waals surface area (Å²) in [6.45, 7) is 3.95. The van der Waals surface area contributed by atoms with Gasteiger partial charge in [0.15, 0.2) is 0 Å². The summed E-state index contributed by atoms with van der Waals surface area (Å²) in [5, 5.41) is 2.85. The molecule has 3 nitrogen and oxygen atoms in total. The molecule has 0 aliphatic carbocycles. The Morgan fingerprint density at radius 1 is 1.21 bits per heavy atom. The van der Waals surface area contributed by atoms with Crippen LogP contribution in [0.15, 0.2) is 54.6 Å². The zero-order valence-corrected chi connectivity index (χ0v) is 13.9. The van der Waals surface area contributed by atoms with Gasteiger partial charge in [0, 0.05) is 18.7 Å². The summed E-state index contributed by atoms with van der Waals surface area (Å²) in [4.78, 5) is 14.6. The van der Waals surface area contributed by atoms with Crippen LogP contribution in [-0.4, -0.2) is 29.9 Å². The van der Waals surface area contributed by atoms with Gasteiger partial charge in [-0.2, -0.15) is 0 Å². The molecule has 1 heterocycles. The molecular formula is C20H23FN2O. The molecule has 126 valence electrons. The van der Waals surface area contributed by atoms with Crippen molar-refractivity contribution in [1.29, 1.82) is 0 Å². The number of benzene rings is 2. The minimum atomic E-state index is -0.282. The van der Waals surface area contributed by atoms with Gasteiger partial charge in [0.05, 0.1) is 6.04 Å². The van der Waals surface area contributed by atoms with Crippen LogP contribution in [0.25, 0.3) is 0 Å². The number of amides is 1. The van der Waals surface area contributed by atoms with E-state index in [1.807, 2.05) is 13.0 Å². The monoisotopic (exact) mass is 326 g/mol. The van der Waals surface area contributed by atoms with Crippen molar-refractivity contribution in [3.63, 3.8) is 0 Å². The highest BCUT2D eigenvalue weighted by molar-refractivity contribution is 5.81. The molecule has 1 fully saturated rings. The second-order valence-electron chi connectivity index (χ2n) is 6.38. The third-order valence-corrected chi connectivity index (χ3v) is 4.83. The van der Waals surface area contributed by atoms with Crippen LogP contribution in [-0.2, 0) is 11.3 Å². The highest BCUT2D eigenvalue weighted by atomic mass is 19.1. The topological polar surface area (TPSA) is 32.3 Å². The van der Waals surface area contributed by atoms with E-state index in [1.165, 1.54) is 11.6 Å². The first kappa shape index (κ1) is 16.7. The number of nitrogens with zero attached hydrogens (tertiary/aromatic N) is 1. The Labute approximate surface area is 142 Å². The fourth-order valence-electron chi connectivity index (χ4n) is 3.27. The summed E-state index contributed by atoms with van der Waals surface area (Å²) in [5.41, 5.74) is 1.85. The molecule has 4 heteroatoms. The van der Waals surface area contributed by atoms with E-state index in [4.69, 9.17) is 0 Å². The summed E-state index contributed by atoms with van der Waals surface area (Å²) in [6.07, 6.45) is 1.06.